The molecule has 2 atom stereocenters. The van der Waals surface area contributed by atoms with Crippen molar-refractivity contribution < 1.29 is 9.72 Å². The van der Waals surface area contributed by atoms with Gasteiger partial charge >= 0.3 is 0 Å². The third kappa shape index (κ3) is 4.38. The van der Waals surface area contributed by atoms with Crippen molar-refractivity contribution in [3.05, 3.63) is 85.9 Å². The van der Waals surface area contributed by atoms with Gasteiger partial charge in [-0.2, -0.15) is 0 Å². The summed E-state index contributed by atoms with van der Waals surface area (Å²) >= 11 is 18.9. The van der Waals surface area contributed by atoms with Gasteiger partial charge in [-0.1, -0.05) is 53.6 Å². The summed E-state index contributed by atoms with van der Waals surface area (Å²) in [4.78, 5) is 22.4. The van der Waals surface area contributed by atoms with Crippen molar-refractivity contribution in [2.45, 2.75) is 18.0 Å². The van der Waals surface area contributed by atoms with Gasteiger partial charge < -0.3 is 5.32 Å². The summed E-state index contributed by atoms with van der Waals surface area (Å²) in [6.07, 6.45) is 5.88. The minimum Gasteiger partial charge on any atom is -0.375 e. The van der Waals surface area contributed by atoms with Crippen LogP contribution in [0.15, 0.2) is 59.7 Å². The van der Waals surface area contributed by atoms with Gasteiger partial charge in [0.05, 0.1) is 17.0 Å². The molecule has 0 spiro atoms. The molecule has 0 saturated heterocycles. The molecule has 0 radical (unpaired) electrons. The van der Waals surface area contributed by atoms with Gasteiger partial charge in [-0.25, -0.2) is 0 Å². The van der Waals surface area contributed by atoms with Crippen molar-refractivity contribution in [2.75, 3.05) is 5.32 Å². The zero-order valence-electron chi connectivity index (χ0n) is 14.4. The highest BCUT2D eigenvalue weighted by Crippen LogP contribution is 2.37. The summed E-state index contributed by atoms with van der Waals surface area (Å²) in [5.74, 6) is 0. The predicted octanol–water partition coefficient (Wildman–Crippen LogP) is 5.68. The van der Waals surface area contributed by atoms with Crippen molar-refractivity contribution in [1.82, 2.24) is 0 Å². The van der Waals surface area contributed by atoms with Gasteiger partial charge in [0.1, 0.15) is 6.29 Å². The molecule has 144 valence electrons. The number of benzene rings is 2. The normalized spacial score (nSPS) is 18.5. The zero-order chi connectivity index (χ0) is 20.3. The fourth-order valence-corrected chi connectivity index (χ4v) is 3.89. The lowest BCUT2D eigenvalue weighted by Gasteiger charge is -2.26. The predicted molar refractivity (Wildman–Crippen MR) is 113 cm³/mol. The van der Waals surface area contributed by atoms with Crippen LogP contribution >= 0.6 is 34.8 Å². The monoisotopic (exact) mass is 436 g/mol. The molecular formula is C20H15Cl3N2O3. The van der Waals surface area contributed by atoms with Crippen LogP contribution in [0.3, 0.4) is 0 Å². The molecule has 2 aromatic carbocycles. The number of anilines is 1. The van der Waals surface area contributed by atoms with E-state index in [1.807, 2.05) is 0 Å². The average molecular weight is 438 g/mol. The molecule has 1 N–H and O–H groups in total. The molecule has 28 heavy (non-hydrogen) atoms. The van der Waals surface area contributed by atoms with Crippen LogP contribution in [-0.4, -0.2) is 22.6 Å². The number of nitrogens with zero attached hydrogens (tertiary/aromatic N) is 1. The van der Waals surface area contributed by atoms with E-state index >= 15 is 0 Å². The third-order valence-corrected chi connectivity index (χ3v) is 5.42. The van der Waals surface area contributed by atoms with E-state index in [2.05, 4.69) is 5.32 Å². The summed E-state index contributed by atoms with van der Waals surface area (Å²) in [6, 6.07) is 9.64. The van der Waals surface area contributed by atoms with E-state index in [4.69, 9.17) is 34.8 Å². The first-order valence-electron chi connectivity index (χ1n) is 8.34. The fraction of sp³-hybridized carbons (Fsp3) is 0.150. The summed E-state index contributed by atoms with van der Waals surface area (Å²) in [5.41, 5.74) is 2.26. The van der Waals surface area contributed by atoms with Crippen LogP contribution in [0.25, 0.3) is 11.1 Å². The number of carbonyl (C=O) groups is 1. The quantitative estimate of drug-likeness (QED) is 0.273. The van der Waals surface area contributed by atoms with Crippen LogP contribution in [0.1, 0.15) is 15.9 Å². The average Bonchev–Trinajstić information content (AvgIpc) is 2.66. The van der Waals surface area contributed by atoms with Gasteiger partial charge in [-0.3, -0.25) is 14.9 Å². The number of hydrogen-bond donors (Lipinski definition) is 1. The molecule has 2 unspecified atom stereocenters. The Balaban J connectivity index is 2.18. The number of rotatable bonds is 6. The Morgan fingerprint density at radius 1 is 1.18 bits per heavy atom. The standard InChI is InChI=1S/C20H15Cl3N2O3/c21-16-5-2-1-4-13(16)14-8-12(11-26)9-19(15(14)10-25(27)28)24-20-17(22)6-3-7-18(20)23/h1-9,11,17,20,24H,10H2. The molecule has 0 heterocycles. The van der Waals surface area contributed by atoms with Crippen LogP contribution in [0.2, 0.25) is 5.02 Å². The second-order valence-corrected chi connectivity index (χ2v) is 7.53. The number of carbonyl (C=O) groups excluding carboxylic acids is 1. The Morgan fingerprint density at radius 3 is 2.57 bits per heavy atom. The molecule has 2 aromatic rings. The zero-order valence-corrected chi connectivity index (χ0v) is 16.7. The Kier molecular flexibility index (Phi) is 6.39. The van der Waals surface area contributed by atoms with Gasteiger partial charge in [0.25, 0.3) is 0 Å². The fourth-order valence-electron chi connectivity index (χ4n) is 3.05. The number of nitro groups is 1. The lowest BCUT2D eigenvalue weighted by Crippen LogP contribution is -2.31. The lowest BCUT2D eigenvalue weighted by atomic mass is 9.94. The highest BCUT2D eigenvalue weighted by Gasteiger charge is 2.26. The maximum atomic E-state index is 11.5. The number of allylic oxidation sites excluding steroid dienone is 2. The maximum absolute atomic E-state index is 11.5. The highest BCUT2D eigenvalue weighted by atomic mass is 35.5. The third-order valence-electron chi connectivity index (χ3n) is 4.34. The van der Waals surface area contributed by atoms with Gasteiger partial charge in [-0.05, 0) is 29.8 Å². The molecule has 0 fully saturated rings. The van der Waals surface area contributed by atoms with E-state index in [1.165, 1.54) is 0 Å². The lowest BCUT2D eigenvalue weighted by molar-refractivity contribution is -0.496. The largest absolute Gasteiger partial charge is 0.375 e. The number of halogens is 3. The summed E-state index contributed by atoms with van der Waals surface area (Å²) in [7, 11) is 0. The second kappa shape index (κ2) is 8.78. The Morgan fingerprint density at radius 2 is 1.93 bits per heavy atom. The molecule has 0 amide bonds. The smallest absolute Gasteiger partial charge is 0.231 e. The number of nitrogens with one attached hydrogen (secondary N) is 1. The Bertz CT molecular complexity index is 989. The van der Waals surface area contributed by atoms with Crippen LogP contribution in [-0.2, 0) is 6.54 Å². The summed E-state index contributed by atoms with van der Waals surface area (Å²) in [5, 5.41) is 15.0. The first kappa shape index (κ1) is 20.4. The van der Waals surface area contributed by atoms with E-state index in [9.17, 15) is 14.9 Å². The van der Waals surface area contributed by atoms with Crippen LogP contribution in [0.5, 0.6) is 0 Å². The summed E-state index contributed by atoms with van der Waals surface area (Å²) < 4.78 is 0. The number of aldehydes is 1. The molecular weight excluding hydrogens is 423 g/mol. The molecule has 8 heteroatoms. The van der Waals surface area contributed by atoms with Crippen LogP contribution in [0.4, 0.5) is 5.69 Å². The molecule has 0 saturated carbocycles. The van der Waals surface area contributed by atoms with E-state index in [1.54, 1.807) is 54.6 Å². The number of alkyl halides is 1. The van der Waals surface area contributed by atoms with E-state index in [0.717, 1.165) is 0 Å². The maximum Gasteiger partial charge on any atom is 0.231 e. The molecule has 0 aliphatic heterocycles. The number of hydrogen-bond acceptors (Lipinski definition) is 4. The molecule has 3 rings (SSSR count). The van der Waals surface area contributed by atoms with Gasteiger partial charge in [0, 0.05) is 31.8 Å². The SMILES string of the molecule is O=Cc1cc(NC2C(Cl)=CC=CC2Cl)c(C[N+](=O)[O-])c(-c2ccccc2Cl)c1. The van der Waals surface area contributed by atoms with Crippen molar-refractivity contribution in [3.8, 4) is 11.1 Å². The van der Waals surface area contributed by atoms with Crippen LogP contribution < -0.4 is 5.32 Å². The highest BCUT2D eigenvalue weighted by molar-refractivity contribution is 6.33. The second-order valence-electron chi connectivity index (χ2n) is 6.19. The molecule has 0 bridgehead atoms. The van der Waals surface area contributed by atoms with Gasteiger partial charge in [0.15, 0.2) is 0 Å². The minimum atomic E-state index is -0.486. The van der Waals surface area contributed by atoms with Crippen LogP contribution in [0, 0.1) is 10.1 Å². The Hall–Kier alpha value is -2.34. The topological polar surface area (TPSA) is 72.2 Å². The first-order chi connectivity index (χ1) is 13.4. The Labute approximate surface area is 176 Å². The van der Waals surface area contributed by atoms with Gasteiger partial charge in [0.2, 0.25) is 6.54 Å². The van der Waals surface area contributed by atoms with Crippen molar-refractivity contribution in [1.29, 1.82) is 0 Å². The van der Waals surface area contributed by atoms with E-state index < -0.39 is 22.9 Å². The van der Waals surface area contributed by atoms with Gasteiger partial charge in [-0.15, -0.1) is 11.6 Å². The van der Waals surface area contributed by atoms with Crippen molar-refractivity contribution >= 4 is 46.8 Å². The molecule has 5 nitrogen and oxygen atoms in total. The van der Waals surface area contributed by atoms with E-state index in [-0.39, 0.29) is 0 Å². The van der Waals surface area contributed by atoms with Crippen molar-refractivity contribution in [2.24, 2.45) is 0 Å². The molecule has 1 aliphatic carbocycles. The minimum absolute atomic E-state index is 0.349. The first-order valence-corrected chi connectivity index (χ1v) is 9.53. The van der Waals surface area contributed by atoms with E-state index in [0.29, 0.717) is 44.3 Å². The summed E-state index contributed by atoms with van der Waals surface area (Å²) in [6.45, 7) is -0.459. The molecule has 1 aliphatic rings. The molecule has 0 aromatic heterocycles. The van der Waals surface area contributed by atoms with Crippen molar-refractivity contribution in [3.63, 3.8) is 0 Å².